The third-order valence-corrected chi connectivity index (χ3v) is 5.52. The topological polar surface area (TPSA) is 65.8 Å². The first-order valence-electron chi connectivity index (χ1n) is 9.81. The molecule has 2 aromatic heterocycles. The summed E-state index contributed by atoms with van der Waals surface area (Å²) in [5.41, 5.74) is 2.65. The molecule has 3 rings (SSSR count). The molecule has 7 heteroatoms. The Morgan fingerprint density at radius 2 is 1.90 bits per heavy atom. The molecule has 30 heavy (non-hydrogen) atoms. The fourth-order valence-electron chi connectivity index (χ4n) is 3.06. The molecule has 158 valence electrons. The van der Waals surface area contributed by atoms with Crippen molar-refractivity contribution in [3.8, 4) is 0 Å². The van der Waals surface area contributed by atoms with Crippen molar-refractivity contribution in [3.63, 3.8) is 0 Å². The SMILES string of the molecule is CC(C)C(=O)Nc1ccc(N(C)C)c(CN(Cc2ccco2)C(=O)c2cccs2)c1. The van der Waals surface area contributed by atoms with Crippen LogP contribution in [0.15, 0.2) is 58.5 Å². The second-order valence-electron chi connectivity index (χ2n) is 7.60. The molecule has 3 aromatic rings. The smallest absolute Gasteiger partial charge is 0.264 e. The van der Waals surface area contributed by atoms with Gasteiger partial charge in [0.25, 0.3) is 5.91 Å². The molecule has 0 spiro atoms. The lowest BCUT2D eigenvalue weighted by atomic mass is 10.1. The number of furan rings is 1. The van der Waals surface area contributed by atoms with Crippen LogP contribution in [0.2, 0.25) is 0 Å². The quantitative estimate of drug-likeness (QED) is 0.561. The summed E-state index contributed by atoms with van der Waals surface area (Å²) in [6, 6.07) is 13.2. The second-order valence-corrected chi connectivity index (χ2v) is 8.55. The summed E-state index contributed by atoms with van der Waals surface area (Å²) in [5.74, 6) is 0.511. The van der Waals surface area contributed by atoms with E-state index in [0.717, 1.165) is 22.7 Å². The lowest BCUT2D eigenvalue weighted by Crippen LogP contribution is -2.30. The van der Waals surface area contributed by atoms with Crippen molar-refractivity contribution in [2.45, 2.75) is 26.9 Å². The maximum atomic E-state index is 13.2. The molecule has 0 unspecified atom stereocenters. The number of carbonyl (C=O) groups excluding carboxylic acids is 2. The minimum atomic E-state index is -0.113. The van der Waals surface area contributed by atoms with Crippen LogP contribution >= 0.6 is 11.3 Å². The lowest BCUT2D eigenvalue weighted by Gasteiger charge is -2.25. The molecule has 0 aliphatic carbocycles. The van der Waals surface area contributed by atoms with Gasteiger partial charge < -0.3 is 19.5 Å². The summed E-state index contributed by atoms with van der Waals surface area (Å²) in [4.78, 5) is 29.8. The number of hydrogen-bond acceptors (Lipinski definition) is 5. The summed E-state index contributed by atoms with van der Waals surface area (Å²) < 4.78 is 5.49. The van der Waals surface area contributed by atoms with E-state index in [4.69, 9.17) is 4.42 Å². The molecule has 0 aliphatic rings. The summed E-state index contributed by atoms with van der Waals surface area (Å²) in [7, 11) is 3.92. The molecule has 1 aromatic carbocycles. The third kappa shape index (κ3) is 5.30. The summed E-state index contributed by atoms with van der Waals surface area (Å²) in [5, 5.41) is 4.84. The van der Waals surface area contributed by atoms with Crippen LogP contribution in [0, 0.1) is 5.92 Å². The van der Waals surface area contributed by atoms with E-state index in [1.807, 2.05) is 80.7 Å². The van der Waals surface area contributed by atoms with Gasteiger partial charge in [-0.2, -0.15) is 0 Å². The Morgan fingerprint density at radius 3 is 2.50 bits per heavy atom. The van der Waals surface area contributed by atoms with Gasteiger partial charge in [0.1, 0.15) is 5.76 Å². The predicted molar refractivity (Wildman–Crippen MR) is 121 cm³/mol. The van der Waals surface area contributed by atoms with Crippen LogP contribution in [0.25, 0.3) is 0 Å². The van der Waals surface area contributed by atoms with Crippen LogP contribution < -0.4 is 10.2 Å². The molecule has 0 bridgehead atoms. The highest BCUT2D eigenvalue weighted by Gasteiger charge is 2.21. The second kappa shape index (κ2) is 9.63. The number of amides is 2. The van der Waals surface area contributed by atoms with Gasteiger partial charge in [-0.15, -0.1) is 11.3 Å². The number of anilines is 2. The van der Waals surface area contributed by atoms with Crippen molar-refractivity contribution in [2.75, 3.05) is 24.3 Å². The highest BCUT2D eigenvalue weighted by atomic mass is 32.1. The molecule has 0 saturated heterocycles. The van der Waals surface area contributed by atoms with E-state index in [2.05, 4.69) is 5.32 Å². The van der Waals surface area contributed by atoms with Gasteiger partial charge in [0, 0.05) is 37.9 Å². The Kier molecular flexibility index (Phi) is 6.95. The molecular weight excluding hydrogens is 398 g/mol. The Balaban J connectivity index is 1.92. The largest absolute Gasteiger partial charge is 0.467 e. The maximum absolute atomic E-state index is 13.2. The molecule has 0 atom stereocenters. The van der Waals surface area contributed by atoms with Crippen molar-refractivity contribution >= 4 is 34.5 Å². The van der Waals surface area contributed by atoms with Crippen LogP contribution in [0.4, 0.5) is 11.4 Å². The van der Waals surface area contributed by atoms with E-state index >= 15 is 0 Å². The van der Waals surface area contributed by atoms with E-state index in [0.29, 0.717) is 18.0 Å². The van der Waals surface area contributed by atoms with Crippen molar-refractivity contribution in [2.24, 2.45) is 5.92 Å². The first-order valence-corrected chi connectivity index (χ1v) is 10.7. The average molecular weight is 426 g/mol. The zero-order valence-electron chi connectivity index (χ0n) is 17.7. The predicted octanol–water partition coefficient (Wildman–Crippen LogP) is 4.84. The molecule has 0 fully saturated rings. The number of hydrogen-bond donors (Lipinski definition) is 1. The molecule has 0 radical (unpaired) electrons. The zero-order chi connectivity index (χ0) is 21.7. The number of benzene rings is 1. The van der Waals surface area contributed by atoms with Gasteiger partial charge in [-0.05, 0) is 47.3 Å². The zero-order valence-corrected chi connectivity index (χ0v) is 18.5. The average Bonchev–Trinajstić information content (AvgIpc) is 3.41. The molecule has 1 N–H and O–H groups in total. The van der Waals surface area contributed by atoms with Crippen LogP contribution in [-0.4, -0.2) is 30.8 Å². The number of thiophene rings is 1. The van der Waals surface area contributed by atoms with E-state index < -0.39 is 0 Å². The number of nitrogens with one attached hydrogen (secondary N) is 1. The van der Waals surface area contributed by atoms with Gasteiger partial charge in [-0.3, -0.25) is 9.59 Å². The van der Waals surface area contributed by atoms with E-state index in [-0.39, 0.29) is 17.7 Å². The van der Waals surface area contributed by atoms with Gasteiger partial charge in [0.2, 0.25) is 5.91 Å². The van der Waals surface area contributed by atoms with E-state index in [1.54, 1.807) is 11.2 Å². The number of nitrogens with zero attached hydrogens (tertiary/aromatic N) is 2. The molecule has 2 heterocycles. The first-order chi connectivity index (χ1) is 14.3. The van der Waals surface area contributed by atoms with E-state index in [1.165, 1.54) is 11.3 Å². The minimum absolute atomic E-state index is 0.0411. The fourth-order valence-corrected chi connectivity index (χ4v) is 3.76. The Bertz CT molecular complexity index is 979. The van der Waals surface area contributed by atoms with Gasteiger partial charge >= 0.3 is 0 Å². The fraction of sp³-hybridized carbons (Fsp3) is 0.304. The maximum Gasteiger partial charge on any atom is 0.264 e. The first kappa shape index (κ1) is 21.6. The summed E-state index contributed by atoms with van der Waals surface area (Å²) in [6.45, 7) is 4.46. The molecular formula is C23H27N3O3S. The van der Waals surface area contributed by atoms with Gasteiger partial charge in [0.15, 0.2) is 0 Å². The summed E-state index contributed by atoms with van der Waals surface area (Å²) in [6.07, 6.45) is 1.61. The van der Waals surface area contributed by atoms with Gasteiger partial charge in [0.05, 0.1) is 17.7 Å². The van der Waals surface area contributed by atoms with Crippen molar-refractivity contribution in [1.29, 1.82) is 0 Å². The van der Waals surface area contributed by atoms with Crippen molar-refractivity contribution < 1.29 is 14.0 Å². The highest BCUT2D eigenvalue weighted by molar-refractivity contribution is 7.12. The lowest BCUT2D eigenvalue weighted by molar-refractivity contribution is -0.118. The highest BCUT2D eigenvalue weighted by Crippen LogP contribution is 2.27. The van der Waals surface area contributed by atoms with Crippen molar-refractivity contribution in [1.82, 2.24) is 4.90 Å². The van der Waals surface area contributed by atoms with Crippen LogP contribution in [0.3, 0.4) is 0 Å². The van der Waals surface area contributed by atoms with Gasteiger partial charge in [-0.25, -0.2) is 0 Å². The molecule has 0 aliphatic heterocycles. The van der Waals surface area contributed by atoms with Crippen LogP contribution in [0.1, 0.15) is 34.8 Å². The summed E-state index contributed by atoms with van der Waals surface area (Å²) >= 11 is 1.42. The normalized spacial score (nSPS) is 10.8. The standard InChI is InChI=1S/C23H27N3O3S/c1-16(2)22(27)24-18-9-10-20(25(3)4)17(13-18)14-26(15-19-7-5-11-29-19)23(28)21-8-6-12-30-21/h5-13,16H,14-15H2,1-4H3,(H,24,27). The molecule has 6 nitrogen and oxygen atoms in total. The third-order valence-electron chi connectivity index (χ3n) is 4.66. The Morgan fingerprint density at radius 1 is 1.10 bits per heavy atom. The molecule has 0 saturated carbocycles. The van der Waals surface area contributed by atoms with Crippen molar-refractivity contribution in [3.05, 3.63) is 70.3 Å². The van der Waals surface area contributed by atoms with Crippen LogP contribution in [0.5, 0.6) is 0 Å². The number of carbonyl (C=O) groups is 2. The number of rotatable bonds is 8. The van der Waals surface area contributed by atoms with Gasteiger partial charge in [-0.1, -0.05) is 19.9 Å². The minimum Gasteiger partial charge on any atom is -0.467 e. The Labute approximate surface area is 181 Å². The Hall–Kier alpha value is -3.06. The molecule has 2 amide bonds. The monoisotopic (exact) mass is 425 g/mol. The van der Waals surface area contributed by atoms with Crippen LogP contribution in [-0.2, 0) is 17.9 Å². The van der Waals surface area contributed by atoms with E-state index in [9.17, 15) is 9.59 Å².